The van der Waals surface area contributed by atoms with Crippen molar-refractivity contribution in [3.05, 3.63) is 0 Å². The molecule has 0 aromatic heterocycles. The molecule has 0 bridgehead atoms. The van der Waals surface area contributed by atoms with Crippen molar-refractivity contribution in [1.29, 1.82) is 0 Å². The largest absolute Gasteiger partial charge is 0.436 e. The third kappa shape index (κ3) is 1.35. The van der Waals surface area contributed by atoms with Gasteiger partial charge in [-0.3, -0.25) is 4.79 Å². The van der Waals surface area contributed by atoms with E-state index in [1.165, 1.54) is 0 Å². The van der Waals surface area contributed by atoms with Crippen molar-refractivity contribution in [3.8, 4) is 0 Å². The van der Waals surface area contributed by atoms with Crippen LogP contribution in [0.1, 0.15) is 0 Å². The van der Waals surface area contributed by atoms with Gasteiger partial charge in [0.1, 0.15) is 0 Å². The molecule has 0 N–H and O–H groups in total. The van der Waals surface area contributed by atoms with E-state index >= 15 is 0 Å². The summed E-state index contributed by atoms with van der Waals surface area (Å²) in [5.41, 5.74) is -14.3. The molecule has 1 saturated carbocycles. The summed E-state index contributed by atoms with van der Waals surface area (Å²) in [6.45, 7) is 0. The van der Waals surface area contributed by atoms with Crippen LogP contribution in [0.5, 0.6) is 0 Å². The summed E-state index contributed by atoms with van der Waals surface area (Å²) in [4.78, 5) is 10.4. The maximum Gasteiger partial charge on any atom is 0.436 e. The second kappa shape index (κ2) is 3.53. The first kappa shape index (κ1) is 16.9. The zero-order valence-corrected chi connectivity index (χ0v) is 8.44. The highest BCUT2D eigenvalue weighted by molar-refractivity contribution is 6.00. The van der Waals surface area contributed by atoms with E-state index < -0.39 is 41.3 Å². The minimum Gasteiger partial charge on any atom is -0.288 e. The third-order valence-corrected chi connectivity index (χ3v) is 2.68. The molecule has 0 heterocycles. The molecular weight excluding hydrogens is 328 g/mol. The number of rotatable bonds is 0. The maximum atomic E-state index is 13.1. The number of hydrogen-bond donors (Lipinski definition) is 0. The molecular formula is C7F12O. The fourth-order valence-electron chi connectivity index (χ4n) is 1.61. The normalized spacial score (nSPS) is 37.3. The minimum absolute atomic E-state index is 4.54. The topological polar surface area (TPSA) is 17.1 Å². The van der Waals surface area contributed by atoms with Crippen LogP contribution in [0.25, 0.3) is 0 Å². The summed E-state index contributed by atoms with van der Waals surface area (Å²) < 4.78 is 150. The predicted molar refractivity (Wildman–Crippen MR) is 34.7 cm³/mol. The number of alkyl halides is 12. The lowest BCUT2D eigenvalue weighted by Gasteiger charge is -2.34. The number of carbonyl (C=O) groups is 1. The Morgan fingerprint density at radius 2 is 1.05 bits per heavy atom. The monoisotopic (exact) mass is 328 g/mol. The van der Waals surface area contributed by atoms with Crippen molar-refractivity contribution in [2.45, 2.75) is 35.5 Å². The fourth-order valence-corrected chi connectivity index (χ4v) is 1.61. The molecule has 1 nitrogen and oxygen atoms in total. The Kier molecular flexibility index (Phi) is 2.98. The molecule has 2 atom stereocenters. The second-order valence-corrected chi connectivity index (χ2v) is 3.79. The molecule has 1 rings (SSSR count). The molecule has 0 aliphatic heterocycles. The highest BCUT2D eigenvalue weighted by Gasteiger charge is 3.02. The van der Waals surface area contributed by atoms with E-state index in [9.17, 15) is 57.5 Å². The van der Waals surface area contributed by atoms with Crippen LogP contribution >= 0.6 is 0 Å². The van der Waals surface area contributed by atoms with Crippen LogP contribution in [0.2, 0.25) is 0 Å². The van der Waals surface area contributed by atoms with Crippen molar-refractivity contribution in [2.24, 2.45) is 0 Å². The van der Waals surface area contributed by atoms with Crippen molar-refractivity contribution in [2.75, 3.05) is 0 Å². The summed E-state index contributed by atoms with van der Waals surface area (Å²) >= 11 is 0. The van der Waals surface area contributed by atoms with Crippen molar-refractivity contribution in [3.63, 3.8) is 0 Å². The Bertz CT molecular complexity index is 446. The quantitative estimate of drug-likeness (QED) is 0.623. The lowest BCUT2D eigenvalue weighted by atomic mass is 9.92. The maximum absolute atomic E-state index is 13.1. The number of carbonyl (C=O) groups excluding carboxylic acids is 1. The molecule has 0 saturated heterocycles. The van der Waals surface area contributed by atoms with Crippen LogP contribution in [0.15, 0.2) is 0 Å². The first-order chi connectivity index (χ1) is 8.40. The van der Waals surface area contributed by atoms with Gasteiger partial charge in [-0.2, -0.15) is 43.9 Å². The van der Waals surface area contributed by atoms with Gasteiger partial charge in [0.05, 0.1) is 0 Å². The van der Waals surface area contributed by atoms with Gasteiger partial charge < -0.3 is 0 Å². The van der Waals surface area contributed by atoms with Gasteiger partial charge in [-0.15, -0.1) is 0 Å². The average molecular weight is 328 g/mol. The predicted octanol–water partition coefficient (Wildman–Crippen LogP) is 3.38. The highest BCUT2D eigenvalue weighted by Crippen LogP contribution is 2.68. The summed E-state index contributed by atoms with van der Waals surface area (Å²) in [6, 6.07) is 0. The minimum atomic E-state index is -7.41. The third-order valence-electron chi connectivity index (χ3n) is 2.68. The average Bonchev–Trinajstić information content (AvgIpc) is 2.28. The van der Waals surface area contributed by atoms with Crippen molar-refractivity contribution in [1.82, 2.24) is 0 Å². The Morgan fingerprint density at radius 1 is 0.700 bits per heavy atom. The first-order valence-electron chi connectivity index (χ1n) is 4.22. The number of Topliss-reactive ketones (excluding diaryl/α,β-unsaturated/α-hetero) is 1. The fraction of sp³-hybridized carbons (Fsp3) is 0.857. The molecule has 0 aromatic carbocycles. The smallest absolute Gasteiger partial charge is 0.288 e. The Balaban J connectivity index is 3.83. The highest BCUT2D eigenvalue weighted by atomic mass is 19.4. The Morgan fingerprint density at radius 3 is 1.20 bits per heavy atom. The SMILES string of the molecule is O=C1C(F)(F)C(F)(C(F)(F)F)C(F)(F)C1(F)C(F)(F)F. The number of hydrogen-bond acceptors (Lipinski definition) is 1. The van der Waals surface area contributed by atoms with Crippen molar-refractivity contribution < 1.29 is 57.5 Å². The van der Waals surface area contributed by atoms with Crippen molar-refractivity contribution >= 4 is 5.78 Å². The molecule has 20 heavy (non-hydrogen) atoms. The van der Waals surface area contributed by atoms with Gasteiger partial charge in [0, 0.05) is 0 Å². The summed E-state index contributed by atoms with van der Waals surface area (Å²) in [5.74, 6) is -18.9. The lowest BCUT2D eigenvalue weighted by Crippen LogP contribution is -2.66. The van der Waals surface area contributed by atoms with Crippen LogP contribution in [-0.2, 0) is 4.79 Å². The van der Waals surface area contributed by atoms with Crippen LogP contribution < -0.4 is 0 Å². The van der Waals surface area contributed by atoms with Gasteiger partial charge in [-0.25, -0.2) is 8.78 Å². The zero-order valence-electron chi connectivity index (χ0n) is 8.44. The van der Waals surface area contributed by atoms with Gasteiger partial charge >= 0.3 is 35.5 Å². The molecule has 0 aromatic rings. The molecule has 118 valence electrons. The number of halogens is 12. The molecule has 0 radical (unpaired) electrons. The standard InChI is InChI=1S/C7F12O/c8-2(6(14,15)16)1(20)3(9,10)4(11,5(2,12)13)7(17,18)19. The van der Waals surface area contributed by atoms with Gasteiger partial charge in [0.25, 0.3) is 5.78 Å². The van der Waals surface area contributed by atoms with Crippen LogP contribution in [-0.4, -0.2) is 41.3 Å². The Labute approximate surface area is 100 Å². The first-order valence-corrected chi connectivity index (χ1v) is 4.22. The van der Waals surface area contributed by atoms with Crippen LogP contribution in [0.4, 0.5) is 52.7 Å². The van der Waals surface area contributed by atoms with E-state index in [2.05, 4.69) is 0 Å². The van der Waals surface area contributed by atoms with E-state index in [0.717, 1.165) is 0 Å². The second-order valence-electron chi connectivity index (χ2n) is 3.79. The Hall–Kier alpha value is -1.17. The zero-order chi connectivity index (χ0) is 16.6. The van der Waals surface area contributed by atoms with E-state index in [1.54, 1.807) is 0 Å². The van der Waals surface area contributed by atoms with E-state index in [-0.39, 0.29) is 0 Å². The summed E-state index contributed by atoms with van der Waals surface area (Å²) in [6.07, 6.45) is -14.5. The van der Waals surface area contributed by atoms with Gasteiger partial charge in [0.15, 0.2) is 0 Å². The summed E-state index contributed by atoms with van der Waals surface area (Å²) in [7, 11) is 0. The van der Waals surface area contributed by atoms with E-state index in [1.807, 2.05) is 0 Å². The van der Waals surface area contributed by atoms with Gasteiger partial charge in [-0.05, 0) is 0 Å². The summed E-state index contributed by atoms with van der Waals surface area (Å²) in [5, 5.41) is 0. The molecule has 1 aliphatic rings. The van der Waals surface area contributed by atoms with E-state index in [0.29, 0.717) is 0 Å². The van der Waals surface area contributed by atoms with E-state index in [4.69, 9.17) is 0 Å². The van der Waals surface area contributed by atoms with Gasteiger partial charge in [-0.1, -0.05) is 0 Å². The molecule has 0 spiro atoms. The molecule has 1 fully saturated rings. The molecule has 1 aliphatic carbocycles. The van der Waals surface area contributed by atoms with Gasteiger partial charge in [0.2, 0.25) is 0 Å². The molecule has 13 heteroatoms. The number of ketones is 1. The van der Waals surface area contributed by atoms with Crippen LogP contribution in [0, 0.1) is 0 Å². The molecule has 2 unspecified atom stereocenters. The molecule has 0 amide bonds. The lowest BCUT2D eigenvalue weighted by molar-refractivity contribution is -0.369. The van der Waals surface area contributed by atoms with Crippen LogP contribution in [0.3, 0.4) is 0 Å².